The predicted octanol–water partition coefficient (Wildman–Crippen LogP) is 5.43. The van der Waals surface area contributed by atoms with E-state index >= 15 is 0 Å². The van der Waals surface area contributed by atoms with Crippen LogP contribution in [-0.2, 0) is 0 Å². The van der Waals surface area contributed by atoms with Gasteiger partial charge in [-0.3, -0.25) is 10.1 Å². The normalized spacial score (nSPS) is 11.5. The zero-order valence-corrected chi connectivity index (χ0v) is 16.2. The molecule has 0 bridgehead atoms. The van der Waals surface area contributed by atoms with E-state index in [0.717, 1.165) is 49.3 Å². The average Bonchev–Trinajstić information content (AvgIpc) is 3.51. The van der Waals surface area contributed by atoms with Crippen LogP contribution >= 0.6 is 11.3 Å². The maximum absolute atomic E-state index is 13.6. The van der Waals surface area contributed by atoms with Crippen LogP contribution in [0.5, 0.6) is 0 Å². The Labute approximate surface area is 173 Å². The van der Waals surface area contributed by atoms with E-state index in [1.807, 2.05) is 36.5 Å². The summed E-state index contributed by atoms with van der Waals surface area (Å²) in [5.74, 6) is 0.608. The number of aromatic nitrogens is 6. The molecular weight excluding hydrogens is 399 g/mol. The van der Waals surface area contributed by atoms with Gasteiger partial charge in [0.05, 0.1) is 11.0 Å². The van der Waals surface area contributed by atoms with Crippen LogP contribution in [0.15, 0.2) is 67.1 Å². The molecule has 1 aromatic carbocycles. The minimum absolute atomic E-state index is 0.226. The zero-order chi connectivity index (χ0) is 20.1. The molecule has 0 aliphatic heterocycles. The average molecular weight is 412 g/mol. The molecule has 2 N–H and O–H groups in total. The lowest BCUT2D eigenvalue weighted by atomic mass is 10.0. The molecule has 30 heavy (non-hydrogen) atoms. The van der Waals surface area contributed by atoms with Crippen LogP contribution in [0, 0.1) is 5.13 Å². The molecule has 5 aromatic heterocycles. The van der Waals surface area contributed by atoms with Crippen molar-refractivity contribution < 1.29 is 4.39 Å². The summed E-state index contributed by atoms with van der Waals surface area (Å²) < 4.78 is 13.6. The number of rotatable bonds is 3. The third-order valence-corrected chi connectivity index (χ3v) is 5.92. The topological polar surface area (TPSA) is 83.1 Å². The van der Waals surface area contributed by atoms with E-state index in [1.54, 1.807) is 18.5 Å². The molecule has 0 amide bonds. The van der Waals surface area contributed by atoms with Gasteiger partial charge in [0.2, 0.25) is 0 Å². The Balaban J connectivity index is 1.52. The number of aromatic amines is 2. The van der Waals surface area contributed by atoms with E-state index in [2.05, 4.69) is 36.2 Å². The molecule has 0 spiro atoms. The van der Waals surface area contributed by atoms with Gasteiger partial charge in [-0.15, -0.1) is 11.3 Å². The van der Waals surface area contributed by atoms with Crippen molar-refractivity contribution in [1.29, 1.82) is 0 Å². The second kappa shape index (κ2) is 6.57. The van der Waals surface area contributed by atoms with Crippen LogP contribution < -0.4 is 0 Å². The van der Waals surface area contributed by atoms with E-state index < -0.39 is 0 Å². The lowest BCUT2D eigenvalue weighted by Crippen LogP contribution is -1.83. The molecule has 6 nitrogen and oxygen atoms in total. The van der Waals surface area contributed by atoms with Crippen LogP contribution in [0.4, 0.5) is 4.39 Å². The van der Waals surface area contributed by atoms with Crippen LogP contribution in [0.2, 0.25) is 0 Å². The highest BCUT2D eigenvalue weighted by Gasteiger charge is 2.17. The fourth-order valence-electron chi connectivity index (χ4n) is 3.60. The number of nitrogens with zero attached hydrogens (tertiary/aromatic N) is 4. The number of hydrogen-bond acceptors (Lipinski definition) is 5. The van der Waals surface area contributed by atoms with Gasteiger partial charge in [-0.25, -0.2) is 9.97 Å². The highest BCUT2D eigenvalue weighted by Crippen LogP contribution is 2.34. The maximum atomic E-state index is 13.6. The fraction of sp³-hybridized carbons (Fsp3) is 0. The lowest BCUT2D eigenvalue weighted by Gasteiger charge is -2.01. The standard InChI is InChI=1S/C22H13FN6S/c23-18-6-5-17(30-18)14-7-9-25-21-19(14)26-22(27-21)20-15-10-12(3-4-16(15)28-29-20)13-2-1-8-24-11-13/h1-11H,(H,28,29)(H,25,26,27). The zero-order valence-electron chi connectivity index (χ0n) is 15.4. The SMILES string of the molecule is Fc1ccc(-c2ccnc3nc(-c4n[nH]c5ccc(-c6cccnc6)cc45)[nH]c23)s1. The Morgan fingerprint density at radius 2 is 1.93 bits per heavy atom. The van der Waals surface area contributed by atoms with Crippen molar-refractivity contribution in [2.24, 2.45) is 0 Å². The van der Waals surface area contributed by atoms with E-state index in [-0.39, 0.29) is 5.13 Å². The minimum atomic E-state index is -0.226. The summed E-state index contributed by atoms with van der Waals surface area (Å²) in [5, 5.41) is 8.27. The molecule has 8 heteroatoms. The molecular formula is C22H13FN6S. The summed E-state index contributed by atoms with van der Waals surface area (Å²) >= 11 is 1.09. The number of hydrogen-bond donors (Lipinski definition) is 2. The van der Waals surface area contributed by atoms with E-state index in [1.165, 1.54) is 6.07 Å². The Kier molecular flexibility index (Phi) is 3.72. The van der Waals surface area contributed by atoms with E-state index in [0.29, 0.717) is 17.2 Å². The third-order valence-electron chi connectivity index (χ3n) is 5.01. The quantitative estimate of drug-likeness (QED) is 0.406. The van der Waals surface area contributed by atoms with Gasteiger partial charge in [-0.2, -0.15) is 9.49 Å². The Morgan fingerprint density at radius 3 is 2.77 bits per heavy atom. The van der Waals surface area contributed by atoms with Gasteiger partial charge in [0.15, 0.2) is 16.6 Å². The van der Waals surface area contributed by atoms with Gasteiger partial charge in [-0.05, 0) is 42.0 Å². The fourth-order valence-corrected chi connectivity index (χ4v) is 4.36. The van der Waals surface area contributed by atoms with Crippen molar-refractivity contribution >= 4 is 33.4 Å². The molecule has 6 aromatic rings. The van der Waals surface area contributed by atoms with Gasteiger partial charge < -0.3 is 4.98 Å². The summed E-state index contributed by atoms with van der Waals surface area (Å²) in [5.41, 5.74) is 5.87. The van der Waals surface area contributed by atoms with Gasteiger partial charge in [-0.1, -0.05) is 12.1 Å². The minimum Gasteiger partial charge on any atom is -0.335 e. The molecule has 0 aliphatic rings. The molecule has 144 valence electrons. The summed E-state index contributed by atoms with van der Waals surface area (Å²) in [6.45, 7) is 0. The van der Waals surface area contributed by atoms with E-state index in [9.17, 15) is 4.39 Å². The molecule has 0 saturated carbocycles. The molecule has 0 saturated heterocycles. The van der Waals surface area contributed by atoms with Crippen LogP contribution in [-0.4, -0.2) is 30.1 Å². The van der Waals surface area contributed by atoms with Gasteiger partial charge >= 0.3 is 0 Å². The van der Waals surface area contributed by atoms with E-state index in [4.69, 9.17) is 0 Å². The number of pyridine rings is 2. The molecule has 0 aliphatic carbocycles. The summed E-state index contributed by atoms with van der Waals surface area (Å²) in [4.78, 5) is 17.4. The van der Waals surface area contributed by atoms with Crippen LogP contribution in [0.1, 0.15) is 0 Å². The monoisotopic (exact) mass is 412 g/mol. The molecule has 0 fully saturated rings. The first kappa shape index (κ1) is 17.0. The molecule has 5 heterocycles. The predicted molar refractivity (Wildman–Crippen MR) is 115 cm³/mol. The van der Waals surface area contributed by atoms with Gasteiger partial charge in [0.1, 0.15) is 5.69 Å². The van der Waals surface area contributed by atoms with Crippen molar-refractivity contribution in [3.63, 3.8) is 0 Å². The Bertz CT molecular complexity index is 1520. The number of benzene rings is 1. The van der Waals surface area contributed by atoms with Crippen LogP contribution in [0.3, 0.4) is 0 Å². The summed E-state index contributed by atoms with van der Waals surface area (Å²) in [6, 6.07) is 15.1. The van der Waals surface area contributed by atoms with Crippen molar-refractivity contribution in [1.82, 2.24) is 30.1 Å². The first-order chi connectivity index (χ1) is 14.8. The molecule has 0 unspecified atom stereocenters. The second-order valence-electron chi connectivity index (χ2n) is 6.82. The first-order valence-corrected chi connectivity index (χ1v) is 10.1. The van der Waals surface area contributed by atoms with Crippen molar-refractivity contribution in [3.05, 3.63) is 72.3 Å². The number of fused-ring (bicyclic) bond motifs is 2. The second-order valence-corrected chi connectivity index (χ2v) is 7.85. The lowest BCUT2D eigenvalue weighted by molar-refractivity contribution is 0.657. The summed E-state index contributed by atoms with van der Waals surface area (Å²) in [7, 11) is 0. The molecule has 0 atom stereocenters. The smallest absolute Gasteiger partial charge is 0.178 e. The maximum Gasteiger partial charge on any atom is 0.178 e. The summed E-state index contributed by atoms with van der Waals surface area (Å²) in [6.07, 6.45) is 5.27. The number of halogens is 1. The van der Waals surface area contributed by atoms with Crippen molar-refractivity contribution in [2.75, 3.05) is 0 Å². The number of thiophene rings is 1. The van der Waals surface area contributed by atoms with Crippen molar-refractivity contribution in [2.45, 2.75) is 0 Å². The first-order valence-electron chi connectivity index (χ1n) is 9.25. The third kappa shape index (κ3) is 2.69. The Hall–Kier alpha value is -3.91. The Morgan fingerprint density at radius 1 is 0.967 bits per heavy atom. The highest BCUT2D eigenvalue weighted by molar-refractivity contribution is 7.14. The molecule has 0 radical (unpaired) electrons. The molecule has 6 rings (SSSR count). The van der Waals surface area contributed by atoms with Crippen molar-refractivity contribution in [3.8, 4) is 33.1 Å². The number of nitrogens with one attached hydrogen (secondary N) is 2. The highest BCUT2D eigenvalue weighted by atomic mass is 32.1. The largest absolute Gasteiger partial charge is 0.335 e. The van der Waals surface area contributed by atoms with Crippen LogP contribution in [0.25, 0.3) is 55.2 Å². The van der Waals surface area contributed by atoms with Gasteiger partial charge in [0.25, 0.3) is 0 Å². The van der Waals surface area contributed by atoms with Gasteiger partial charge in [0, 0.05) is 40.0 Å². The number of imidazole rings is 1. The number of H-pyrrole nitrogens is 2.